The SMILES string of the molecule is Cl.N=C(N)[SeH]. The summed E-state index contributed by atoms with van der Waals surface area (Å²) >= 11 is 1.90. The summed E-state index contributed by atoms with van der Waals surface area (Å²) in [5, 5.41) is 6.25. The van der Waals surface area contributed by atoms with Gasteiger partial charge in [0.2, 0.25) is 0 Å². The van der Waals surface area contributed by atoms with E-state index in [1.807, 2.05) is 16.0 Å². The van der Waals surface area contributed by atoms with Gasteiger partial charge >= 0.3 is 31.9 Å². The third-order valence-corrected chi connectivity index (χ3v) is 0. The van der Waals surface area contributed by atoms with Gasteiger partial charge in [-0.05, 0) is 0 Å². The van der Waals surface area contributed by atoms with Crippen LogP contribution in [-0.2, 0) is 0 Å². The second-order valence-electron chi connectivity index (χ2n) is 0.385. The van der Waals surface area contributed by atoms with Crippen LogP contribution in [0.1, 0.15) is 0 Å². The number of amidine groups is 1. The van der Waals surface area contributed by atoms with E-state index in [0.717, 1.165) is 0 Å². The molecule has 3 N–H and O–H groups in total. The molecule has 0 rings (SSSR count). The van der Waals surface area contributed by atoms with E-state index in [-0.39, 0.29) is 17.1 Å². The normalized spacial score (nSPS) is 5.00. The molecule has 0 aliphatic carbocycles. The van der Waals surface area contributed by atoms with E-state index >= 15 is 0 Å². The number of rotatable bonds is 0. The molecule has 0 heterocycles. The van der Waals surface area contributed by atoms with Crippen LogP contribution in [0.5, 0.6) is 0 Å². The second-order valence-corrected chi connectivity index (χ2v) is 1.40. The summed E-state index contributed by atoms with van der Waals surface area (Å²) in [5.41, 5.74) is 4.67. The molecule has 0 spiro atoms. The van der Waals surface area contributed by atoms with Crippen molar-refractivity contribution in [2.75, 3.05) is 0 Å². The first-order chi connectivity index (χ1) is 1.73. The third-order valence-electron chi connectivity index (χ3n) is 0. The molecule has 0 aromatic carbocycles. The van der Waals surface area contributed by atoms with Crippen LogP contribution in [0.4, 0.5) is 0 Å². The van der Waals surface area contributed by atoms with Gasteiger partial charge in [0.15, 0.2) is 0 Å². The van der Waals surface area contributed by atoms with Crippen molar-refractivity contribution in [3.63, 3.8) is 0 Å². The van der Waals surface area contributed by atoms with Gasteiger partial charge in [-0.15, -0.1) is 12.4 Å². The van der Waals surface area contributed by atoms with Crippen molar-refractivity contribution >= 4 is 33.2 Å². The molecule has 0 saturated heterocycles. The summed E-state index contributed by atoms with van der Waals surface area (Å²) in [7, 11) is 0. The Morgan fingerprint density at radius 1 is 1.80 bits per heavy atom. The Morgan fingerprint density at radius 3 is 1.80 bits per heavy atom. The molecular weight excluding hydrogens is 154 g/mol. The number of nitrogens with two attached hydrogens (primary N) is 1. The molecule has 0 bridgehead atoms. The standard InChI is InChI=1S/CH4N2Se.ClH/c2-1(3)4;/h(H4,2,3,4);1H. The Bertz CT molecular complexity index is 32.6. The average Bonchev–Trinajstić information content (AvgIpc) is 0.811. The quantitative estimate of drug-likeness (QED) is 0.271. The minimum absolute atomic E-state index is 0. The maximum absolute atomic E-state index is 6.25. The fourth-order valence-corrected chi connectivity index (χ4v) is 0. The summed E-state index contributed by atoms with van der Waals surface area (Å²) in [6, 6.07) is 0. The zero-order valence-corrected chi connectivity index (χ0v) is 5.13. The van der Waals surface area contributed by atoms with Crippen molar-refractivity contribution in [3.05, 3.63) is 0 Å². The van der Waals surface area contributed by atoms with Crippen LogP contribution in [0.3, 0.4) is 0 Å². The van der Waals surface area contributed by atoms with Crippen LogP contribution in [0, 0.1) is 5.41 Å². The van der Waals surface area contributed by atoms with Crippen molar-refractivity contribution in [1.29, 1.82) is 5.41 Å². The Balaban J connectivity index is 0. The fourth-order valence-electron chi connectivity index (χ4n) is 0. The summed E-state index contributed by atoms with van der Waals surface area (Å²) in [6.07, 6.45) is 0. The van der Waals surface area contributed by atoms with Crippen LogP contribution in [0.25, 0.3) is 0 Å². The summed E-state index contributed by atoms with van der Waals surface area (Å²) in [4.78, 5) is 0. The Labute approximate surface area is 44.9 Å². The van der Waals surface area contributed by atoms with E-state index in [4.69, 9.17) is 5.41 Å². The number of nitrogens with one attached hydrogen (secondary N) is 1. The summed E-state index contributed by atoms with van der Waals surface area (Å²) in [5.74, 6) is 0. The Morgan fingerprint density at radius 2 is 1.80 bits per heavy atom. The third kappa shape index (κ3) is 285. The van der Waals surface area contributed by atoms with E-state index in [9.17, 15) is 0 Å². The van der Waals surface area contributed by atoms with E-state index in [2.05, 4.69) is 5.73 Å². The van der Waals surface area contributed by atoms with Gasteiger partial charge in [-0.2, -0.15) is 0 Å². The Kier molecular flexibility index (Phi) is 7.69. The molecule has 4 heteroatoms. The van der Waals surface area contributed by atoms with E-state index < -0.39 is 0 Å². The fraction of sp³-hybridized carbons (Fsp3) is 0. The first kappa shape index (κ1) is 8.99. The predicted molar refractivity (Wildman–Crippen MR) is 26.3 cm³/mol. The van der Waals surface area contributed by atoms with Gasteiger partial charge in [0.25, 0.3) is 0 Å². The van der Waals surface area contributed by atoms with Gasteiger partial charge in [0.1, 0.15) is 0 Å². The van der Waals surface area contributed by atoms with E-state index in [1.54, 1.807) is 0 Å². The molecule has 0 aliphatic rings. The molecule has 0 aliphatic heterocycles. The topological polar surface area (TPSA) is 49.9 Å². The molecule has 2 nitrogen and oxygen atoms in total. The maximum atomic E-state index is 6.25. The number of hydrogen-bond donors (Lipinski definition) is 2. The van der Waals surface area contributed by atoms with Gasteiger partial charge in [-0.3, -0.25) is 0 Å². The number of halogens is 1. The van der Waals surface area contributed by atoms with Crippen LogP contribution >= 0.6 is 12.4 Å². The van der Waals surface area contributed by atoms with Crippen LogP contribution < -0.4 is 5.73 Å². The molecule has 5 heavy (non-hydrogen) atoms. The van der Waals surface area contributed by atoms with Gasteiger partial charge in [0.05, 0.1) is 0 Å². The van der Waals surface area contributed by atoms with Crippen LogP contribution in [0.15, 0.2) is 0 Å². The molecule has 0 aromatic heterocycles. The zero-order valence-electron chi connectivity index (χ0n) is 2.43. The monoisotopic (exact) mass is 160 g/mol. The van der Waals surface area contributed by atoms with Crippen LogP contribution in [0.2, 0.25) is 0 Å². The molecule has 0 amide bonds. The minimum atomic E-state index is 0. The van der Waals surface area contributed by atoms with Gasteiger partial charge in [-0.1, -0.05) is 0 Å². The summed E-state index contributed by atoms with van der Waals surface area (Å²) in [6.45, 7) is 0. The van der Waals surface area contributed by atoms with Crippen LogP contribution in [-0.4, -0.2) is 20.7 Å². The van der Waals surface area contributed by atoms with Crippen molar-refractivity contribution in [2.45, 2.75) is 0 Å². The van der Waals surface area contributed by atoms with Gasteiger partial charge in [-0.25, -0.2) is 0 Å². The number of hydrogen-bond acceptors (Lipinski definition) is 1. The van der Waals surface area contributed by atoms with Crippen molar-refractivity contribution < 1.29 is 0 Å². The van der Waals surface area contributed by atoms with Gasteiger partial charge < -0.3 is 0 Å². The first-order valence-corrected chi connectivity index (χ1v) is 1.70. The molecule has 0 saturated carbocycles. The molecule has 0 aromatic rings. The van der Waals surface area contributed by atoms with E-state index in [1.165, 1.54) is 0 Å². The molecule has 0 unspecified atom stereocenters. The molecule has 0 radical (unpaired) electrons. The van der Waals surface area contributed by atoms with Crippen molar-refractivity contribution in [3.8, 4) is 0 Å². The summed E-state index contributed by atoms with van der Waals surface area (Å²) < 4.78 is 0.104. The van der Waals surface area contributed by atoms with Crippen molar-refractivity contribution in [1.82, 2.24) is 0 Å². The zero-order chi connectivity index (χ0) is 3.58. The average molecular weight is 159 g/mol. The van der Waals surface area contributed by atoms with E-state index in [0.29, 0.717) is 0 Å². The predicted octanol–water partition coefficient (Wildman–Crippen LogP) is -0.798. The first-order valence-electron chi connectivity index (χ1n) is 0.762. The van der Waals surface area contributed by atoms with Crippen molar-refractivity contribution in [2.24, 2.45) is 5.73 Å². The molecule has 0 fully saturated rings. The second kappa shape index (κ2) is 4.28. The van der Waals surface area contributed by atoms with Gasteiger partial charge in [0, 0.05) is 0 Å². The molecular formula is CH5ClN2Se. The molecule has 0 atom stereocenters. The Hall–Kier alpha value is 0.279. The molecule has 32 valence electrons.